The topological polar surface area (TPSA) is 28.2 Å². The van der Waals surface area contributed by atoms with Crippen LogP contribution < -0.4 is 5.32 Å². The first kappa shape index (κ1) is 14.4. The minimum Gasteiger partial charge on any atom is -0.314 e. The maximum atomic E-state index is 13.8. The van der Waals surface area contributed by atoms with Gasteiger partial charge < -0.3 is 5.32 Å². The second-order valence-corrected chi connectivity index (χ2v) is 6.19. The molecular formula is C17H22FN3. The summed E-state index contributed by atoms with van der Waals surface area (Å²) in [4.78, 5) is 6.80. The number of aromatic nitrogens is 1. The third kappa shape index (κ3) is 2.92. The molecule has 0 atom stereocenters. The number of pyridine rings is 1. The van der Waals surface area contributed by atoms with Gasteiger partial charge in [0, 0.05) is 36.8 Å². The summed E-state index contributed by atoms with van der Waals surface area (Å²) in [7, 11) is 2.03. The van der Waals surface area contributed by atoms with Crippen LogP contribution in [-0.2, 0) is 6.54 Å². The van der Waals surface area contributed by atoms with Crippen LogP contribution in [0.15, 0.2) is 30.5 Å². The van der Waals surface area contributed by atoms with Crippen molar-refractivity contribution in [2.24, 2.45) is 0 Å². The standard InChI is InChI=1S/C17H22FN3/c1-17(19-2)7-10-21(11-8-17)12-13-5-6-15(18)14-4-3-9-20-16(13)14/h3-6,9,19H,7-8,10-12H2,1-2H3. The quantitative estimate of drug-likeness (QED) is 0.941. The van der Waals surface area contributed by atoms with E-state index in [1.807, 2.05) is 13.1 Å². The van der Waals surface area contributed by atoms with Crippen LogP contribution in [0.1, 0.15) is 25.3 Å². The summed E-state index contributed by atoms with van der Waals surface area (Å²) in [5.41, 5.74) is 2.15. The Morgan fingerprint density at radius 1 is 1.29 bits per heavy atom. The van der Waals surface area contributed by atoms with Crippen molar-refractivity contribution in [3.05, 3.63) is 41.8 Å². The number of hydrogen-bond donors (Lipinski definition) is 1. The van der Waals surface area contributed by atoms with Gasteiger partial charge in [0.1, 0.15) is 5.82 Å². The lowest BCUT2D eigenvalue weighted by molar-refractivity contribution is 0.146. The smallest absolute Gasteiger partial charge is 0.132 e. The number of piperidine rings is 1. The molecule has 1 fully saturated rings. The second-order valence-electron chi connectivity index (χ2n) is 6.19. The third-order valence-electron chi connectivity index (χ3n) is 4.76. The van der Waals surface area contributed by atoms with E-state index in [0.717, 1.165) is 43.6 Å². The van der Waals surface area contributed by atoms with Gasteiger partial charge in [-0.3, -0.25) is 9.88 Å². The highest BCUT2D eigenvalue weighted by atomic mass is 19.1. The Labute approximate surface area is 125 Å². The van der Waals surface area contributed by atoms with Crippen LogP contribution >= 0.6 is 0 Å². The predicted octanol–water partition coefficient (Wildman–Crippen LogP) is 2.95. The van der Waals surface area contributed by atoms with Crippen LogP contribution in [0, 0.1) is 5.82 Å². The fourth-order valence-electron chi connectivity index (χ4n) is 3.02. The Balaban J connectivity index is 1.79. The Morgan fingerprint density at radius 2 is 2.05 bits per heavy atom. The molecule has 1 aliphatic rings. The van der Waals surface area contributed by atoms with Gasteiger partial charge in [0.25, 0.3) is 0 Å². The van der Waals surface area contributed by atoms with Gasteiger partial charge in [0.2, 0.25) is 0 Å². The molecule has 2 heterocycles. The van der Waals surface area contributed by atoms with Crippen LogP contribution in [0.2, 0.25) is 0 Å². The SMILES string of the molecule is CNC1(C)CCN(Cc2ccc(F)c3cccnc23)CC1. The molecule has 0 unspecified atom stereocenters. The highest BCUT2D eigenvalue weighted by molar-refractivity contribution is 5.82. The first-order valence-electron chi connectivity index (χ1n) is 7.55. The van der Waals surface area contributed by atoms with Crippen LogP contribution in [0.5, 0.6) is 0 Å². The summed E-state index contributed by atoms with van der Waals surface area (Å²) in [6.45, 7) is 5.23. The molecule has 4 heteroatoms. The molecule has 0 amide bonds. The van der Waals surface area contributed by atoms with E-state index in [1.165, 1.54) is 0 Å². The van der Waals surface area contributed by atoms with Crippen molar-refractivity contribution in [3.8, 4) is 0 Å². The largest absolute Gasteiger partial charge is 0.314 e. The maximum Gasteiger partial charge on any atom is 0.132 e. The van der Waals surface area contributed by atoms with Crippen molar-refractivity contribution in [1.29, 1.82) is 0 Å². The summed E-state index contributed by atoms with van der Waals surface area (Å²) in [5, 5.41) is 4.03. The number of likely N-dealkylation sites (tertiary alicyclic amines) is 1. The van der Waals surface area contributed by atoms with Gasteiger partial charge in [0.05, 0.1) is 5.52 Å². The molecule has 1 saturated heterocycles. The highest BCUT2D eigenvalue weighted by Crippen LogP contribution is 2.25. The van der Waals surface area contributed by atoms with E-state index in [-0.39, 0.29) is 11.4 Å². The number of fused-ring (bicyclic) bond motifs is 1. The Kier molecular flexibility index (Phi) is 3.91. The number of halogens is 1. The van der Waals surface area contributed by atoms with E-state index in [0.29, 0.717) is 5.39 Å². The van der Waals surface area contributed by atoms with E-state index >= 15 is 0 Å². The first-order chi connectivity index (χ1) is 10.1. The minimum atomic E-state index is -0.191. The van der Waals surface area contributed by atoms with E-state index in [9.17, 15) is 4.39 Å². The fraction of sp³-hybridized carbons (Fsp3) is 0.471. The highest BCUT2D eigenvalue weighted by Gasteiger charge is 2.28. The van der Waals surface area contributed by atoms with Crippen molar-refractivity contribution < 1.29 is 4.39 Å². The zero-order valence-electron chi connectivity index (χ0n) is 12.7. The molecule has 1 aliphatic heterocycles. The van der Waals surface area contributed by atoms with Crippen molar-refractivity contribution in [1.82, 2.24) is 15.2 Å². The lowest BCUT2D eigenvalue weighted by atomic mass is 9.89. The number of benzene rings is 1. The zero-order valence-corrected chi connectivity index (χ0v) is 12.7. The van der Waals surface area contributed by atoms with Gasteiger partial charge in [-0.05, 0) is 50.6 Å². The molecule has 1 aromatic heterocycles. The van der Waals surface area contributed by atoms with E-state index in [1.54, 1.807) is 24.4 Å². The fourth-order valence-corrected chi connectivity index (χ4v) is 3.02. The summed E-state index contributed by atoms with van der Waals surface area (Å²) in [6.07, 6.45) is 4.01. The van der Waals surface area contributed by atoms with Gasteiger partial charge in [-0.2, -0.15) is 0 Å². The van der Waals surface area contributed by atoms with Crippen LogP contribution in [0.25, 0.3) is 10.9 Å². The lowest BCUT2D eigenvalue weighted by Gasteiger charge is -2.39. The first-order valence-corrected chi connectivity index (χ1v) is 7.55. The average Bonchev–Trinajstić information content (AvgIpc) is 2.53. The average molecular weight is 287 g/mol. The van der Waals surface area contributed by atoms with E-state index in [2.05, 4.69) is 22.1 Å². The number of hydrogen-bond acceptors (Lipinski definition) is 3. The normalized spacial score (nSPS) is 19.0. The molecule has 0 saturated carbocycles. The van der Waals surface area contributed by atoms with Crippen LogP contribution in [0.3, 0.4) is 0 Å². The molecule has 3 nitrogen and oxygen atoms in total. The van der Waals surface area contributed by atoms with E-state index in [4.69, 9.17) is 0 Å². The van der Waals surface area contributed by atoms with Gasteiger partial charge in [-0.25, -0.2) is 4.39 Å². The van der Waals surface area contributed by atoms with Gasteiger partial charge in [-0.15, -0.1) is 0 Å². The molecule has 0 aliphatic carbocycles. The molecule has 0 spiro atoms. The predicted molar refractivity (Wildman–Crippen MR) is 83.7 cm³/mol. The molecule has 1 N–H and O–H groups in total. The van der Waals surface area contributed by atoms with Gasteiger partial charge >= 0.3 is 0 Å². The summed E-state index contributed by atoms with van der Waals surface area (Å²) in [5.74, 6) is -0.191. The van der Waals surface area contributed by atoms with Crippen LogP contribution in [0.4, 0.5) is 4.39 Å². The number of nitrogens with one attached hydrogen (secondary N) is 1. The molecule has 112 valence electrons. The van der Waals surface area contributed by atoms with Crippen molar-refractivity contribution in [2.45, 2.75) is 31.8 Å². The Bertz CT molecular complexity index is 633. The number of rotatable bonds is 3. The zero-order chi connectivity index (χ0) is 14.9. The molecule has 3 rings (SSSR count). The van der Waals surface area contributed by atoms with Crippen molar-refractivity contribution in [2.75, 3.05) is 20.1 Å². The molecule has 1 aromatic carbocycles. The Morgan fingerprint density at radius 3 is 2.76 bits per heavy atom. The minimum absolute atomic E-state index is 0.191. The monoisotopic (exact) mass is 287 g/mol. The Hall–Kier alpha value is -1.52. The molecular weight excluding hydrogens is 265 g/mol. The summed E-state index contributed by atoms with van der Waals surface area (Å²) < 4.78 is 13.8. The van der Waals surface area contributed by atoms with E-state index < -0.39 is 0 Å². The molecule has 0 radical (unpaired) electrons. The van der Waals surface area contributed by atoms with Gasteiger partial charge in [0.15, 0.2) is 0 Å². The van der Waals surface area contributed by atoms with Crippen molar-refractivity contribution in [3.63, 3.8) is 0 Å². The van der Waals surface area contributed by atoms with Crippen molar-refractivity contribution >= 4 is 10.9 Å². The summed E-state index contributed by atoms with van der Waals surface area (Å²) >= 11 is 0. The second kappa shape index (κ2) is 5.70. The summed E-state index contributed by atoms with van der Waals surface area (Å²) in [6, 6.07) is 7.02. The molecule has 21 heavy (non-hydrogen) atoms. The third-order valence-corrected chi connectivity index (χ3v) is 4.76. The van der Waals surface area contributed by atoms with Crippen LogP contribution in [-0.4, -0.2) is 35.6 Å². The molecule has 2 aromatic rings. The molecule has 0 bridgehead atoms. The maximum absolute atomic E-state index is 13.8. The lowest BCUT2D eigenvalue weighted by Crippen LogP contribution is -2.49. The number of nitrogens with zero attached hydrogens (tertiary/aromatic N) is 2. The van der Waals surface area contributed by atoms with Gasteiger partial charge in [-0.1, -0.05) is 6.07 Å².